The molecule has 0 aliphatic heterocycles. The van der Waals surface area contributed by atoms with Crippen LogP contribution in [0.4, 0.5) is 5.82 Å². The van der Waals surface area contributed by atoms with E-state index in [9.17, 15) is 0 Å². The molecule has 0 unspecified atom stereocenters. The second-order valence-electron chi connectivity index (χ2n) is 4.54. The van der Waals surface area contributed by atoms with Gasteiger partial charge in [0.05, 0.1) is 0 Å². The third-order valence-electron chi connectivity index (χ3n) is 2.81. The largest absolute Gasteiger partial charge is 0.403 e. The highest BCUT2D eigenvalue weighted by Crippen LogP contribution is 2.23. The van der Waals surface area contributed by atoms with E-state index in [0.717, 1.165) is 10.6 Å². The Morgan fingerprint density at radius 2 is 1.78 bits per heavy atom. The Labute approximate surface area is 142 Å². The first-order chi connectivity index (χ1) is 11.2. The molecule has 0 amide bonds. The number of hydrogen-bond acceptors (Lipinski definition) is 5. The van der Waals surface area contributed by atoms with Crippen LogP contribution in [-0.4, -0.2) is 4.98 Å². The van der Waals surface area contributed by atoms with E-state index in [1.165, 1.54) is 16.8 Å². The first-order valence-electron chi connectivity index (χ1n) is 7.33. The van der Waals surface area contributed by atoms with Crippen LogP contribution in [0.15, 0.2) is 78.1 Å². The van der Waals surface area contributed by atoms with Crippen molar-refractivity contribution in [3.8, 4) is 0 Å². The number of allylic oxidation sites excluding steroid dienone is 2. The average Bonchev–Trinajstić information content (AvgIpc) is 2.62. The highest BCUT2D eigenvalue weighted by Gasteiger charge is 2.00. The molecule has 1 aromatic heterocycles. The minimum atomic E-state index is 0.658. The van der Waals surface area contributed by atoms with Gasteiger partial charge in [0.15, 0.2) is 0 Å². The molecule has 4 N–H and O–H groups in total. The number of pyridine rings is 1. The summed E-state index contributed by atoms with van der Waals surface area (Å²) in [4.78, 5) is 5.39. The van der Waals surface area contributed by atoms with Crippen molar-refractivity contribution in [2.75, 3.05) is 5.01 Å². The number of hydrogen-bond donors (Lipinski definition) is 2. The zero-order valence-corrected chi connectivity index (χ0v) is 14.4. The number of nitrogens with zero attached hydrogens (tertiary/aromatic N) is 2. The summed E-state index contributed by atoms with van der Waals surface area (Å²) < 4.78 is 0. The van der Waals surface area contributed by atoms with Crippen molar-refractivity contribution in [1.29, 1.82) is 0 Å². The molecule has 5 heteroatoms. The van der Waals surface area contributed by atoms with Crippen molar-refractivity contribution in [3.05, 3.63) is 78.8 Å². The van der Waals surface area contributed by atoms with E-state index < -0.39 is 0 Å². The van der Waals surface area contributed by atoms with Gasteiger partial charge in [-0.2, -0.15) is 0 Å². The van der Waals surface area contributed by atoms with Gasteiger partial charge in [-0.15, -0.1) is 11.8 Å². The predicted octanol–water partition coefficient (Wildman–Crippen LogP) is 4.07. The van der Waals surface area contributed by atoms with Crippen molar-refractivity contribution in [3.63, 3.8) is 0 Å². The summed E-state index contributed by atoms with van der Waals surface area (Å²) in [6.45, 7) is 4.00. The number of thioether (sulfide) groups is 1. The highest BCUT2D eigenvalue weighted by molar-refractivity contribution is 7.98. The Hall–Kier alpha value is -2.24. The van der Waals surface area contributed by atoms with E-state index in [1.807, 2.05) is 62.5 Å². The molecule has 1 heterocycles. The minimum absolute atomic E-state index is 0.658. The molecule has 0 atom stereocenters. The van der Waals surface area contributed by atoms with Gasteiger partial charge in [0, 0.05) is 29.2 Å². The zero-order chi connectivity index (χ0) is 16.9. The van der Waals surface area contributed by atoms with Gasteiger partial charge < -0.3 is 5.73 Å². The second kappa shape index (κ2) is 11.3. The Morgan fingerprint density at radius 3 is 2.30 bits per heavy atom. The summed E-state index contributed by atoms with van der Waals surface area (Å²) in [5.41, 5.74) is 6.57. The quantitative estimate of drug-likeness (QED) is 0.375. The van der Waals surface area contributed by atoms with Gasteiger partial charge in [0.2, 0.25) is 0 Å². The van der Waals surface area contributed by atoms with Crippen LogP contribution >= 0.6 is 11.8 Å². The molecule has 1 aromatic carbocycles. The third-order valence-corrected chi connectivity index (χ3v) is 3.87. The lowest BCUT2D eigenvalue weighted by Gasteiger charge is -2.11. The van der Waals surface area contributed by atoms with Crippen molar-refractivity contribution < 1.29 is 0 Å². The minimum Gasteiger partial charge on any atom is -0.403 e. The molecule has 0 spiro atoms. The molecule has 0 aliphatic carbocycles. The molecule has 2 rings (SSSR count). The summed E-state index contributed by atoms with van der Waals surface area (Å²) in [5, 5.41) is 1.38. The van der Waals surface area contributed by atoms with Crippen LogP contribution < -0.4 is 16.6 Å². The normalized spacial score (nSPS) is 10.6. The summed E-state index contributed by atoms with van der Waals surface area (Å²) in [6.07, 6.45) is 8.74. The first-order valence-corrected chi connectivity index (χ1v) is 8.32. The van der Waals surface area contributed by atoms with E-state index in [1.54, 1.807) is 18.0 Å². The number of benzene rings is 1. The molecule has 122 valence electrons. The van der Waals surface area contributed by atoms with Crippen molar-refractivity contribution in [2.45, 2.75) is 24.5 Å². The lowest BCUT2D eigenvalue weighted by molar-refractivity contribution is 1.01. The van der Waals surface area contributed by atoms with E-state index in [2.05, 4.69) is 17.1 Å². The Kier molecular flexibility index (Phi) is 9.28. The standard InChI is InChI=1S/C14H16N4S.C4H8/c15-8-9-18(16)14-7-6-13(10-17-14)19-11-12-4-2-1-3-5-12;1-3-4-2/h1-10H,11,15-16H2;3-4H,1-2H3/b9-8-;4-3-. The molecule has 23 heavy (non-hydrogen) atoms. The van der Waals surface area contributed by atoms with Crippen LogP contribution in [0.5, 0.6) is 0 Å². The van der Waals surface area contributed by atoms with Crippen molar-refractivity contribution in [2.24, 2.45) is 11.6 Å². The topological polar surface area (TPSA) is 68.2 Å². The average molecular weight is 328 g/mol. The number of anilines is 1. The molecule has 0 fully saturated rings. The Balaban J connectivity index is 0.000000593. The summed E-state index contributed by atoms with van der Waals surface area (Å²) in [6, 6.07) is 14.2. The lowest BCUT2D eigenvalue weighted by atomic mass is 10.2. The van der Waals surface area contributed by atoms with E-state index in [-0.39, 0.29) is 0 Å². The van der Waals surface area contributed by atoms with Gasteiger partial charge in [0.1, 0.15) is 5.82 Å². The first kappa shape index (κ1) is 18.8. The van der Waals surface area contributed by atoms with Gasteiger partial charge in [-0.05, 0) is 31.5 Å². The van der Waals surface area contributed by atoms with Crippen LogP contribution in [0.2, 0.25) is 0 Å². The molecule has 0 saturated carbocycles. The smallest absolute Gasteiger partial charge is 0.146 e. The molecular weight excluding hydrogens is 304 g/mol. The monoisotopic (exact) mass is 328 g/mol. The summed E-state index contributed by atoms with van der Waals surface area (Å²) in [5.74, 6) is 7.30. The second-order valence-corrected chi connectivity index (χ2v) is 5.59. The number of aromatic nitrogens is 1. The molecule has 0 bridgehead atoms. The Morgan fingerprint density at radius 1 is 1.09 bits per heavy atom. The molecular formula is C18H24N4S. The fraction of sp³-hybridized carbons (Fsp3) is 0.167. The van der Waals surface area contributed by atoms with Crippen LogP contribution in [0.1, 0.15) is 19.4 Å². The zero-order valence-electron chi connectivity index (χ0n) is 13.6. The SMILES string of the molecule is C/C=C\C.N/C=C\N(N)c1ccc(SCc2ccccc2)cn1. The van der Waals surface area contributed by atoms with E-state index in [0.29, 0.717) is 5.82 Å². The van der Waals surface area contributed by atoms with Crippen LogP contribution in [0, 0.1) is 0 Å². The fourth-order valence-electron chi connectivity index (χ4n) is 1.52. The fourth-order valence-corrected chi connectivity index (χ4v) is 2.34. The third kappa shape index (κ3) is 7.54. The molecule has 0 saturated heterocycles. The molecule has 2 aromatic rings. The highest BCUT2D eigenvalue weighted by atomic mass is 32.2. The summed E-state index contributed by atoms with van der Waals surface area (Å²) in [7, 11) is 0. The van der Waals surface area contributed by atoms with Gasteiger partial charge in [-0.25, -0.2) is 10.8 Å². The van der Waals surface area contributed by atoms with Crippen molar-refractivity contribution >= 4 is 17.6 Å². The predicted molar refractivity (Wildman–Crippen MR) is 101 cm³/mol. The van der Waals surface area contributed by atoms with Crippen LogP contribution in [0.3, 0.4) is 0 Å². The van der Waals surface area contributed by atoms with Crippen LogP contribution in [-0.2, 0) is 5.75 Å². The van der Waals surface area contributed by atoms with Gasteiger partial charge in [-0.1, -0.05) is 42.5 Å². The number of hydrazine groups is 1. The number of nitrogens with two attached hydrogens (primary N) is 2. The van der Waals surface area contributed by atoms with E-state index >= 15 is 0 Å². The van der Waals surface area contributed by atoms with Crippen LogP contribution in [0.25, 0.3) is 0 Å². The van der Waals surface area contributed by atoms with Gasteiger partial charge in [0.25, 0.3) is 0 Å². The van der Waals surface area contributed by atoms with Crippen molar-refractivity contribution in [1.82, 2.24) is 4.98 Å². The van der Waals surface area contributed by atoms with Gasteiger partial charge >= 0.3 is 0 Å². The maximum absolute atomic E-state index is 5.72. The Bertz CT molecular complexity index is 590. The summed E-state index contributed by atoms with van der Waals surface area (Å²) >= 11 is 1.74. The van der Waals surface area contributed by atoms with E-state index in [4.69, 9.17) is 11.6 Å². The molecule has 0 radical (unpaired) electrons. The maximum Gasteiger partial charge on any atom is 0.146 e. The molecule has 4 nitrogen and oxygen atoms in total. The van der Waals surface area contributed by atoms with Gasteiger partial charge in [-0.3, -0.25) is 5.01 Å². The molecule has 0 aliphatic rings. The maximum atomic E-state index is 5.72. The number of rotatable bonds is 5. The lowest BCUT2D eigenvalue weighted by Crippen LogP contribution is -2.25.